The molecule has 0 fully saturated rings. The molecule has 1 aromatic heterocycles. The Morgan fingerprint density at radius 1 is 1.38 bits per heavy atom. The summed E-state index contributed by atoms with van der Waals surface area (Å²) in [7, 11) is 0. The van der Waals surface area contributed by atoms with Crippen molar-refractivity contribution in [3.63, 3.8) is 0 Å². The molecule has 0 N–H and O–H groups in total. The molecule has 0 aliphatic heterocycles. The van der Waals surface area contributed by atoms with E-state index in [4.69, 9.17) is 11.6 Å². The van der Waals surface area contributed by atoms with E-state index in [-0.39, 0.29) is 5.38 Å². The summed E-state index contributed by atoms with van der Waals surface area (Å²) < 4.78 is 36.1. The molecule has 0 aliphatic carbocycles. The van der Waals surface area contributed by atoms with Gasteiger partial charge in [-0.25, -0.2) is 0 Å². The van der Waals surface area contributed by atoms with Crippen molar-refractivity contribution in [1.29, 1.82) is 0 Å². The number of nitrogens with zero attached hydrogens (tertiary/aromatic N) is 1. The topological polar surface area (TPSA) is 12.9 Å². The minimum Gasteiger partial charge on any atom is -0.259 e. The lowest BCUT2D eigenvalue weighted by molar-refractivity contribution is -0.137. The maximum atomic E-state index is 12.0. The monoisotopic (exact) mass is 209 g/mol. The summed E-state index contributed by atoms with van der Waals surface area (Å²) in [5.74, 6) is 0. The van der Waals surface area contributed by atoms with Gasteiger partial charge in [0.25, 0.3) is 0 Å². The first kappa shape index (κ1) is 10.3. The number of rotatable bonds is 1. The van der Waals surface area contributed by atoms with Crippen LogP contribution >= 0.6 is 11.6 Å². The molecule has 5 heteroatoms. The van der Waals surface area contributed by atoms with Gasteiger partial charge in [-0.15, -0.1) is 11.6 Å². The molecule has 0 spiro atoms. The second-order valence-corrected chi connectivity index (χ2v) is 3.24. The van der Waals surface area contributed by atoms with Gasteiger partial charge in [-0.05, 0) is 19.1 Å². The molecular weight excluding hydrogens is 203 g/mol. The average Bonchev–Trinajstić information content (AvgIpc) is 2.03. The van der Waals surface area contributed by atoms with Crippen LogP contribution in [0.4, 0.5) is 13.2 Å². The van der Waals surface area contributed by atoms with E-state index in [0.29, 0.717) is 5.69 Å². The predicted molar refractivity (Wildman–Crippen MR) is 43.5 cm³/mol. The van der Waals surface area contributed by atoms with Gasteiger partial charge in [-0.3, -0.25) is 4.98 Å². The van der Waals surface area contributed by atoms with Crippen LogP contribution in [0.5, 0.6) is 0 Å². The van der Waals surface area contributed by atoms with Crippen LogP contribution in [0.25, 0.3) is 0 Å². The average molecular weight is 210 g/mol. The maximum absolute atomic E-state index is 12.0. The van der Waals surface area contributed by atoms with Gasteiger partial charge < -0.3 is 0 Å². The predicted octanol–water partition coefficient (Wildman–Crippen LogP) is 3.40. The van der Waals surface area contributed by atoms with Crippen LogP contribution in [-0.2, 0) is 6.18 Å². The zero-order valence-electron chi connectivity index (χ0n) is 6.77. The molecule has 13 heavy (non-hydrogen) atoms. The van der Waals surface area contributed by atoms with Crippen LogP contribution in [0.3, 0.4) is 0 Å². The van der Waals surface area contributed by atoms with Crippen molar-refractivity contribution in [3.05, 3.63) is 29.6 Å². The Morgan fingerprint density at radius 2 is 2.00 bits per heavy atom. The highest BCUT2D eigenvalue weighted by Gasteiger charge is 2.30. The number of aromatic nitrogens is 1. The van der Waals surface area contributed by atoms with Crippen LogP contribution in [0.2, 0.25) is 0 Å². The molecule has 0 aliphatic rings. The highest BCUT2D eigenvalue weighted by atomic mass is 35.5. The lowest BCUT2D eigenvalue weighted by Gasteiger charge is -2.07. The minimum atomic E-state index is -4.33. The van der Waals surface area contributed by atoms with E-state index in [2.05, 4.69) is 4.98 Å². The normalized spacial score (nSPS) is 14.2. The van der Waals surface area contributed by atoms with Gasteiger partial charge in [0.05, 0.1) is 16.6 Å². The smallest absolute Gasteiger partial charge is 0.259 e. The lowest BCUT2D eigenvalue weighted by Crippen LogP contribution is -2.05. The first-order chi connectivity index (χ1) is 5.91. The van der Waals surface area contributed by atoms with Crippen molar-refractivity contribution in [2.75, 3.05) is 0 Å². The van der Waals surface area contributed by atoms with Gasteiger partial charge in [0.2, 0.25) is 0 Å². The SMILES string of the molecule is CC(Cl)c1ccc(C(F)(F)F)cn1. The van der Waals surface area contributed by atoms with Crippen LogP contribution in [-0.4, -0.2) is 4.98 Å². The van der Waals surface area contributed by atoms with E-state index in [0.717, 1.165) is 12.3 Å². The second kappa shape index (κ2) is 3.54. The Hall–Kier alpha value is -0.770. The van der Waals surface area contributed by atoms with E-state index >= 15 is 0 Å². The quantitative estimate of drug-likeness (QED) is 0.646. The van der Waals surface area contributed by atoms with E-state index in [9.17, 15) is 13.2 Å². The third-order valence-electron chi connectivity index (χ3n) is 1.52. The third-order valence-corrected chi connectivity index (χ3v) is 1.74. The number of hydrogen-bond acceptors (Lipinski definition) is 1. The largest absolute Gasteiger partial charge is 0.417 e. The fourth-order valence-electron chi connectivity index (χ4n) is 0.808. The van der Waals surface area contributed by atoms with Crippen LogP contribution in [0, 0.1) is 0 Å². The van der Waals surface area contributed by atoms with Crippen LogP contribution in [0.15, 0.2) is 18.3 Å². The molecule has 1 atom stereocenters. The Bertz CT molecular complexity index is 278. The second-order valence-electron chi connectivity index (χ2n) is 2.59. The summed E-state index contributed by atoms with van der Waals surface area (Å²) in [6.45, 7) is 1.65. The summed E-state index contributed by atoms with van der Waals surface area (Å²) in [5.41, 5.74) is -0.316. The molecule has 0 saturated carbocycles. The molecule has 0 aromatic carbocycles. The molecule has 1 unspecified atom stereocenters. The molecule has 0 amide bonds. The van der Waals surface area contributed by atoms with Gasteiger partial charge in [-0.1, -0.05) is 0 Å². The van der Waals surface area contributed by atoms with Crippen molar-refractivity contribution in [2.45, 2.75) is 18.5 Å². The van der Waals surface area contributed by atoms with Crippen LogP contribution in [0.1, 0.15) is 23.6 Å². The van der Waals surface area contributed by atoms with E-state index in [1.807, 2.05) is 0 Å². The van der Waals surface area contributed by atoms with Crippen molar-refractivity contribution >= 4 is 11.6 Å². The zero-order valence-corrected chi connectivity index (χ0v) is 7.52. The summed E-state index contributed by atoms with van der Waals surface area (Å²) >= 11 is 5.63. The van der Waals surface area contributed by atoms with E-state index in [1.54, 1.807) is 6.92 Å². The molecular formula is C8H7ClF3N. The summed E-state index contributed by atoms with van der Waals surface area (Å²) in [6.07, 6.45) is -3.55. The van der Waals surface area contributed by atoms with Crippen LogP contribution < -0.4 is 0 Å². The molecule has 1 rings (SSSR count). The Morgan fingerprint density at radius 3 is 2.31 bits per heavy atom. The van der Waals surface area contributed by atoms with Gasteiger partial charge in [0.1, 0.15) is 0 Å². The lowest BCUT2D eigenvalue weighted by atomic mass is 10.2. The van der Waals surface area contributed by atoms with Crippen molar-refractivity contribution in [3.8, 4) is 0 Å². The van der Waals surface area contributed by atoms with Gasteiger partial charge in [0, 0.05) is 6.20 Å². The number of pyridine rings is 1. The molecule has 72 valence electrons. The van der Waals surface area contributed by atoms with E-state index in [1.165, 1.54) is 6.07 Å². The molecule has 0 radical (unpaired) electrons. The van der Waals surface area contributed by atoms with Crippen molar-refractivity contribution in [2.24, 2.45) is 0 Å². The third kappa shape index (κ3) is 2.59. The first-order valence-electron chi connectivity index (χ1n) is 3.58. The Balaban J connectivity index is 2.94. The van der Waals surface area contributed by atoms with Gasteiger partial charge in [-0.2, -0.15) is 13.2 Å². The molecule has 1 heterocycles. The summed E-state index contributed by atoms with van der Waals surface area (Å²) in [5, 5.41) is -0.373. The number of alkyl halides is 4. The minimum absolute atomic E-state index is 0.373. The fourth-order valence-corrected chi connectivity index (χ4v) is 0.937. The summed E-state index contributed by atoms with van der Waals surface area (Å²) in [4.78, 5) is 3.59. The Kier molecular flexibility index (Phi) is 2.81. The van der Waals surface area contributed by atoms with Crippen molar-refractivity contribution < 1.29 is 13.2 Å². The highest BCUT2D eigenvalue weighted by molar-refractivity contribution is 6.20. The highest BCUT2D eigenvalue weighted by Crippen LogP contribution is 2.29. The van der Waals surface area contributed by atoms with Gasteiger partial charge in [0.15, 0.2) is 0 Å². The molecule has 1 aromatic rings. The number of halogens is 4. The van der Waals surface area contributed by atoms with E-state index < -0.39 is 11.7 Å². The van der Waals surface area contributed by atoms with Crippen molar-refractivity contribution in [1.82, 2.24) is 4.98 Å². The molecule has 0 bridgehead atoms. The fraction of sp³-hybridized carbons (Fsp3) is 0.375. The van der Waals surface area contributed by atoms with Gasteiger partial charge >= 0.3 is 6.18 Å². The maximum Gasteiger partial charge on any atom is 0.417 e. The first-order valence-corrected chi connectivity index (χ1v) is 4.02. The molecule has 0 saturated heterocycles. The molecule has 1 nitrogen and oxygen atoms in total. The number of hydrogen-bond donors (Lipinski definition) is 0. The Labute approximate surface area is 78.5 Å². The summed E-state index contributed by atoms with van der Waals surface area (Å²) in [6, 6.07) is 2.25. The zero-order chi connectivity index (χ0) is 10.1. The standard InChI is InChI=1S/C8H7ClF3N/c1-5(9)7-3-2-6(4-13-7)8(10,11)12/h2-5H,1H3.